The number of anilines is 1. The molecule has 0 saturated heterocycles. The van der Waals surface area contributed by atoms with Gasteiger partial charge in [-0.05, 0) is 12.8 Å². The molecule has 74 valence electrons. The summed E-state index contributed by atoms with van der Waals surface area (Å²) >= 11 is 0. The van der Waals surface area contributed by atoms with E-state index in [1.165, 1.54) is 0 Å². The van der Waals surface area contributed by atoms with Gasteiger partial charge < -0.3 is 11.1 Å². The zero-order chi connectivity index (χ0) is 9.68. The van der Waals surface area contributed by atoms with Gasteiger partial charge in [0.15, 0.2) is 0 Å². The molecule has 1 aromatic heterocycles. The van der Waals surface area contributed by atoms with E-state index in [9.17, 15) is 0 Å². The van der Waals surface area contributed by atoms with Crippen LogP contribution in [0.1, 0.15) is 19.8 Å². The van der Waals surface area contributed by atoms with Crippen LogP contribution < -0.4 is 11.1 Å². The Labute approximate surface area is 79.1 Å². The van der Waals surface area contributed by atoms with Gasteiger partial charge in [0.1, 0.15) is 0 Å². The Kier molecular flexibility index (Phi) is 3.76. The molecule has 4 nitrogen and oxygen atoms in total. The van der Waals surface area contributed by atoms with E-state index in [4.69, 9.17) is 5.73 Å². The van der Waals surface area contributed by atoms with Gasteiger partial charge in [0.05, 0.1) is 11.9 Å². The minimum Gasteiger partial charge on any atom is -0.382 e. The van der Waals surface area contributed by atoms with Crippen molar-refractivity contribution in [2.45, 2.75) is 25.8 Å². The van der Waals surface area contributed by atoms with Gasteiger partial charge in [-0.15, -0.1) is 0 Å². The topological polar surface area (TPSA) is 55.9 Å². The van der Waals surface area contributed by atoms with Crippen LogP contribution in [0.4, 0.5) is 5.69 Å². The molecule has 0 spiro atoms. The van der Waals surface area contributed by atoms with E-state index in [-0.39, 0.29) is 0 Å². The van der Waals surface area contributed by atoms with Crippen LogP contribution in [0.5, 0.6) is 0 Å². The van der Waals surface area contributed by atoms with E-state index < -0.39 is 0 Å². The molecular weight excluding hydrogens is 164 g/mol. The van der Waals surface area contributed by atoms with Gasteiger partial charge in [-0.3, -0.25) is 4.68 Å². The molecule has 0 radical (unpaired) electrons. The third kappa shape index (κ3) is 3.46. The highest BCUT2D eigenvalue weighted by Crippen LogP contribution is 2.03. The fourth-order valence-corrected chi connectivity index (χ4v) is 1.12. The summed E-state index contributed by atoms with van der Waals surface area (Å²) in [7, 11) is 1.91. The fourth-order valence-electron chi connectivity index (χ4n) is 1.12. The van der Waals surface area contributed by atoms with Crippen LogP contribution in [-0.2, 0) is 7.05 Å². The Morgan fingerprint density at radius 3 is 3.00 bits per heavy atom. The van der Waals surface area contributed by atoms with Crippen LogP contribution in [0.2, 0.25) is 0 Å². The van der Waals surface area contributed by atoms with Gasteiger partial charge in [-0.25, -0.2) is 0 Å². The number of nitrogens with two attached hydrogens (primary N) is 1. The first kappa shape index (κ1) is 10.1. The van der Waals surface area contributed by atoms with Crippen LogP contribution in [-0.4, -0.2) is 22.4 Å². The van der Waals surface area contributed by atoms with E-state index >= 15 is 0 Å². The smallest absolute Gasteiger partial charge is 0.0726 e. The maximum absolute atomic E-state index is 5.78. The SMILES string of the molecule is CCC(N)CCNc1cnn(C)c1. The maximum Gasteiger partial charge on any atom is 0.0726 e. The predicted octanol–water partition coefficient (Wildman–Crippen LogP) is 0.959. The quantitative estimate of drug-likeness (QED) is 0.713. The summed E-state index contributed by atoms with van der Waals surface area (Å²) in [5.74, 6) is 0. The molecule has 1 atom stereocenters. The number of rotatable bonds is 5. The highest BCUT2D eigenvalue weighted by atomic mass is 15.3. The fraction of sp³-hybridized carbons (Fsp3) is 0.667. The first-order valence-electron chi connectivity index (χ1n) is 4.70. The Morgan fingerprint density at radius 2 is 2.46 bits per heavy atom. The standard InChI is InChI=1S/C9H18N4/c1-3-8(10)4-5-11-9-6-12-13(2)7-9/h6-8,11H,3-5,10H2,1-2H3. The van der Waals surface area contributed by atoms with Crippen molar-refractivity contribution in [2.24, 2.45) is 12.8 Å². The van der Waals surface area contributed by atoms with Crippen molar-refractivity contribution in [3.8, 4) is 0 Å². The molecule has 0 bridgehead atoms. The van der Waals surface area contributed by atoms with E-state index in [0.29, 0.717) is 6.04 Å². The molecule has 0 aliphatic rings. The highest BCUT2D eigenvalue weighted by molar-refractivity contribution is 5.37. The lowest BCUT2D eigenvalue weighted by Gasteiger charge is -2.08. The molecule has 0 saturated carbocycles. The summed E-state index contributed by atoms with van der Waals surface area (Å²) in [5, 5.41) is 7.32. The van der Waals surface area contributed by atoms with Crippen molar-refractivity contribution in [1.82, 2.24) is 9.78 Å². The minimum atomic E-state index is 0.309. The molecule has 0 amide bonds. The highest BCUT2D eigenvalue weighted by Gasteiger charge is 1.99. The first-order valence-corrected chi connectivity index (χ1v) is 4.70. The number of hydrogen-bond acceptors (Lipinski definition) is 3. The monoisotopic (exact) mass is 182 g/mol. The molecular formula is C9H18N4. The number of hydrogen-bond donors (Lipinski definition) is 2. The lowest BCUT2D eigenvalue weighted by molar-refractivity contribution is 0.613. The molecule has 1 aromatic rings. The Balaban J connectivity index is 2.20. The Bertz CT molecular complexity index is 244. The number of aromatic nitrogens is 2. The Hall–Kier alpha value is -1.03. The van der Waals surface area contributed by atoms with Crippen molar-refractivity contribution in [3.63, 3.8) is 0 Å². The lowest BCUT2D eigenvalue weighted by atomic mass is 10.2. The minimum absolute atomic E-state index is 0.309. The van der Waals surface area contributed by atoms with Crippen molar-refractivity contribution < 1.29 is 0 Å². The number of aryl methyl sites for hydroxylation is 1. The summed E-state index contributed by atoms with van der Waals surface area (Å²) < 4.78 is 1.78. The van der Waals surface area contributed by atoms with E-state index in [1.54, 1.807) is 4.68 Å². The van der Waals surface area contributed by atoms with Gasteiger partial charge >= 0.3 is 0 Å². The zero-order valence-electron chi connectivity index (χ0n) is 8.33. The average molecular weight is 182 g/mol. The average Bonchev–Trinajstić information content (AvgIpc) is 2.51. The second kappa shape index (κ2) is 4.87. The van der Waals surface area contributed by atoms with E-state index in [1.807, 2.05) is 19.4 Å². The molecule has 0 aliphatic heterocycles. The largest absolute Gasteiger partial charge is 0.382 e. The van der Waals surface area contributed by atoms with Crippen molar-refractivity contribution in [2.75, 3.05) is 11.9 Å². The molecule has 1 unspecified atom stereocenters. The van der Waals surface area contributed by atoms with Crippen molar-refractivity contribution in [1.29, 1.82) is 0 Å². The molecule has 4 heteroatoms. The summed E-state index contributed by atoms with van der Waals surface area (Å²) in [6, 6.07) is 0.309. The first-order chi connectivity index (χ1) is 6.22. The second-order valence-corrected chi connectivity index (χ2v) is 3.29. The van der Waals surface area contributed by atoms with Crippen LogP contribution in [0.3, 0.4) is 0 Å². The lowest BCUT2D eigenvalue weighted by Crippen LogP contribution is -2.22. The molecule has 0 fully saturated rings. The number of nitrogens with zero attached hydrogens (tertiary/aromatic N) is 2. The van der Waals surface area contributed by atoms with E-state index in [2.05, 4.69) is 17.3 Å². The van der Waals surface area contributed by atoms with Crippen LogP contribution >= 0.6 is 0 Å². The summed E-state index contributed by atoms with van der Waals surface area (Å²) in [4.78, 5) is 0. The van der Waals surface area contributed by atoms with Crippen LogP contribution in [0.25, 0.3) is 0 Å². The molecule has 3 N–H and O–H groups in total. The van der Waals surface area contributed by atoms with Gasteiger partial charge in [0, 0.05) is 25.8 Å². The normalized spacial score (nSPS) is 12.8. The molecule has 1 rings (SSSR count). The number of nitrogens with one attached hydrogen (secondary N) is 1. The maximum atomic E-state index is 5.78. The second-order valence-electron chi connectivity index (χ2n) is 3.29. The predicted molar refractivity (Wildman–Crippen MR) is 54.6 cm³/mol. The molecule has 13 heavy (non-hydrogen) atoms. The van der Waals surface area contributed by atoms with Gasteiger partial charge in [-0.1, -0.05) is 6.92 Å². The third-order valence-corrected chi connectivity index (χ3v) is 2.07. The van der Waals surface area contributed by atoms with Crippen molar-refractivity contribution in [3.05, 3.63) is 12.4 Å². The summed E-state index contributed by atoms with van der Waals surface area (Å²) in [6.45, 7) is 3.02. The molecule has 0 aliphatic carbocycles. The summed E-state index contributed by atoms with van der Waals surface area (Å²) in [5.41, 5.74) is 6.84. The van der Waals surface area contributed by atoms with Gasteiger partial charge in [-0.2, -0.15) is 5.10 Å². The van der Waals surface area contributed by atoms with Crippen LogP contribution in [0, 0.1) is 0 Å². The van der Waals surface area contributed by atoms with Crippen LogP contribution in [0.15, 0.2) is 12.4 Å². The zero-order valence-corrected chi connectivity index (χ0v) is 8.33. The van der Waals surface area contributed by atoms with Gasteiger partial charge in [0.2, 0.25) is 0 Å². The third-order valence-electron chi connectivity index (χ3n) is 2.07. The summed E-state index contributed by atoms with van der Waals surface area (Å²) in [6.07, 6.45) is 5.81. The van der Waals surface area contributed by atoms with Gasteiger partial charge in [0.25, 0.3) is 0 Å². The van der Waals surface area contributed by atoms with E-state index in [0.717, 1.165) is 25.1 Å². The molecule has 1 heterocycles. The Morgan fingerprint density at radius 1 is 1.69 bits per heavy atom. The molecule has 0 aromatic carbocycles. The van der Waals surface area contributed by atoms with Crippen molar-refractivity contribution >= 4 is 5.69 Å².